The van der Waals surface area contributed by atoms with Crippen LogP contribution in [-0.4, -0.2) is 29.3 Å². The van der Waals surface area contributed by atoms with Gasteiger partial charge in [0.25, 0.3) is 0 Å². The molecular weight excluding hydrogens is 286 g/mol. The highest BCUT2D eigenvalue weighted by Gasteiger charge is 2.21. The van der Waals surface area contributed by atoms with Crippen molar-refractivity contribution in [3.8, 4) is 0 Å². The maximum Gasteiger partial charge on any atom is 0.308 e. The number of amides is 1. The molecule has 1 amide bonds. The van der Waals surface area contributed by atoms with Crippen LogP contribution in [-0.2, 0) is 9.59 Å². The van der Waals surface area contributed by atoms with Crippen molar-refractivity contribution < 1.29 is 14.7 Å². The first kappa shape index (κ1) is 17.6. The summed E-state index contributed by atoms with van der Waals surface area (Å²) in [5, 5.41) is 11.8. The zero-order valence-corrected chi connectivity index (χ0v) is 13.4. The number of thioether (sulfide) groups is 1. The maximum absolute atomic E-state index is 11.7. The van der Waals surface area contributed by atoms with Gasteiger partial charge in [0.15, 0.2) is 0 Å². The third kappa shape index (κ3) is 7.18. The van der Waals surface area contributed by atoms with Gasteiger partial charge in [-0.3, -0.25) is 9.59 Å². The molecule has 0 aromatic heterocycles. The molecule has 1 rings (SSSR count). The van der Waals surface area contributed by atoms with Crippen LogP contribution in [0.2, 0.25) is 0 Å². The zero-order chi connectivity index (χ0) is 15.7. The van der Waals surface area contributed by atoms with Gasteiger partial charge in [0.05, 0.1) is 5.92 Å². The summed E-state index contributed by atoms with van der Waals surface area (Å²) in [4.78, 5) is 23.9. The molecule has 0 aliphatic rings. The summed E-state index contributed by atoms with van der Waals surface area (Å²) < 4.78 is 0. The third-order valence-electron chi connectivity index (χ3n) is 3.20. The quantitative estimate of drug-likeness (QED) is 0.543. The smallest absolute Gasteiger partial charge is 0.308 e. The van der Waals surface area contributed by atoms with Gasteiger partial charge < -0.3 is 10.4 Å². The lowest BCUT2D eigenvalue weighted by atomic mass is 9.96. The van der Waals surface area contributed by atoms with Crippen molar-refractivity contribution in [3.05, 3.63) is 30.3 Å². The average molecular weight is 309 g/mol. The summed E-state index contributed by atoms with van der Waals surface area (Å²) >= 11 is 1.72. The topological polar surface area (TPSA) is 66.4 Å². The van der Waals surface area contributed by atoms with Gasteiger partial charge in [0.1, 0.15) is 0 Å². The van der Waals surface area contributed by atoms with E-state index in [9.17, 15) is 9.59 Å². The molecule has 4 nitrogen and oxygen atoms in total. The van der Waals surface area contributed by atoms with Crippen LogP contribution in [0.5, 0.6) is 0 Å². The van der Waals surface area contributed by atoms with E-state index in [4.69, 9.17) is 5.11 Å². The number of carbonyl (C=O) groups excluding carboxylic acids is 1. The van der Waals surface area contributed by atoms with Gasteiger partial charge in [-0.05, 0) is 30.2 Å². The van der Waals surface area contributed by atoms with E-state index in [0.717, 1.165) is 12.2 Å². The van der Waals surface area contributed by atoms with E-state index in [1.165, 1.54) is 4.90 Å². The van der Waals surface area contributed by atoms with Crippen molar-refractivity contribution in [3.63, 3.8) is 0 Å². The molecule has 0 spiro atoms. The molecule has 0 heterocycles. The first-order chi connectivity index (χ1) is 10.0. The van der Waals surface area contributed by atoms with Crippen molar-refractivity contribution >= 4 is 23.6 Å². The summed E-state index contributed by atoms with van der Waals surface area (Å²) in [6, 6.07) is 10.1. The van der Waals surface area contributed by atoms with Crippen LogP contribution in [0, 0.1) is 11.8 Å². The number of carboxylic acids is 1. The molecule has 2 N–H and O–H groups in total. The van der Waals surface area contributed by atoms with Crippen molar-refractivity contribution in [2.75, 3.05) is 12.3 Å². The first-order valence-electron chi connectivity index (χ1n) is 7.18. The van der Waals surface area contributed by atoms with Gasteiger partial charge in [-0.2, -0.15) is 0 Å². The third-order valence-corrected chi connectivity index (χ3v) is 4.30. The highest BCUT2D eigenvalue weighted by atomic mass is 32.2. The summed E-state index contributed by atoms with van der Waals surface area (Å²) in [5.41, 5.74) is 0. The lowest BCUT2D eigenvalue weighted by Crippen LogP contribution is -2.35. The van der Waals surface area contributed by atoms with E-state index in [2.05, 4.69) is 5.32 Å². The highest BCUT2D eigenvalue weighted by Crippen LogP contribution is 2.18. The van der Waals surface area contributed by atoms with E-state index >= 15 is 0 Å². The number of carbonyl (C=O) groups is 2. The number of carboxylic acid groups (broad SMARTS) is 1. The monoisotopic (exact) mass is 309 g/mol. The normalized spacial score (nSPS) is 12.1. The van der Waals surface area contributed by atoms with Gasteiger partial charge in [0, 0.05) is 17.9 Å². The molecule has 0 saturated heterocycles. The van der Waals surface area contributed by atoms with Gasteiger partial charge in [-0.25, -0.2) is 0 Å². The number of hydrogen-bond acceptors (Lipinski definition) is 3. The fourth-order valence-electron chi connectivity index (χ4n) is 1.86. The molecule has 1 aromatic rings. The largest absolute Gasteiger partial charge is 0.481 e. The minimum atomic E-state index is -0.857. The molecule has 1 aromatic carbocycles. The molecular formula is C16H23NO3S. The lowest BCUT2D eigenvalue weighted by Gasteiger charge is -2.16. The number of aliphatic carboxylic acids is 1. The van der Waals surface area contributed by atoms with Gasteiger partial charge in [0.2, 0.25) is 5.91 Å². The number of benzene rings is 1. The Labute approximate surface area is 130 Å². The Bertz CT molecular complexity index is 448. The van der Waals surface area contributed by atoms with Crippen LogP contribution >= 0.6 is 11.8 Å². The molecule has 0 bridgehead atoms. The van der Waals surface area contributed by atoms with Crippen LogP contribution in [0.25, 0.3) is 0 Å². The summed E-state index contributed by atoms with van der Waals surface area (Å²) in [6.07, 6.45) is 1.22. The van der Waals surface area contributed by atoms with E-state index in [1.807, 2.05) is 44.2 Å². The maximum atomic E-state index is 11.7. The number of nitrogens with one attached hydrogen (secondary N) is 1. The van der Waals surface area contributed by atoms with E-state index in [0.29, 0.717) is 6.42 Å². The Morgan fingerprint density at radius 2 is 1.90 bits per heavy atom. The van der Waals surface area contributed by atoms with Crippen LogP contribution in [0.3, 0.4) is 0 Å². The molecule has 1 unspecified atom stereocenters. The van der Waals surface area contributed by atoms with Crippen LogP contribution in [0.15, 0.2) is 35.2 Å². The van der Waals surface area contributed by atoms with Crippen LogP contribution in [0.4, 0.5) is 0 Å². The van der Waals surface area contributed by atoms with Crippen molar-refractivity contribution in [2.45, 2.75) is 31.6 Å². The summed E-state index contributed by atoms with van der Waals surface area (Å²) in [7, 11) is 0. The van der Waals surface area contributed by atoms with Crippen molar-refractivity contribution in [1.29, 1.82) is 0 Å². The SMILES string of the molecule is CC(C)C(CNC(=O)CCCSc1ccccc1)C(=O)O. The van der Waals surface area contributed by atoms with Crippen LogP contribution < -0.4 is 5.32 Å². The minimum absolute atomic E-state index is 0.0106. The molecule has 0 fully saturated rings. The predicted molar refractivity (Wildman–Crippen MR) is 85.4 cm³/mol. The molecule has 5 heteroatoms. The molecule has 0 aliphatic heterocycles. The van der Waals surface area contributed by atoms with E-state index < -0.39 is 11.9 Å². The molecule has 0 saturated carbocycles. The summed E-state index contributed by atoms with van der Waals surface area (Å²) in [5.74, 6) is -0.561. The molecule has 0 aliphatic carbocycles. The standard InChI is InChI=1S/C16H23NO3S/c1-12(2)14(16(19)20)11-17-15(18)9-6-10-21-13-7-4-3-5-8-13/h3-5,7-8,12,14H,6,9-11H2,1-2H3,(H,17,18)(H,19,20). The van der Waals surface area contributed by atoms with Crippen molar-refractivity contribution in [1.82, 2.24) is 5.32 Å². The fraction of sp³-hybridized carbons (Fsp3) is 0.500. The van der Waals surface area contributed by atoms with Crippen molar-refractivity contribution in [2.24, 2.45) is 11.8 Å². The molecule has 21 heavy (non-hydrogen) atoms. The lowest BCUT2D eigenvalue weighted by molar-refractivity contribution is -0.143. The molecule has 116 valence electrons. The fourth-order valence-corrected chi connectivity index (χ4v) is 2.73. The first-order valence-corrected chi connectivity index (χ1v) is 8.16. The predicted octanol–water partition coefficient (Wildman–Crippen LogP) is 3.03. The second-order valence-corrected chi connectivity index (χ2v) is 6.43. The molecule has 1 atom stereocenters. The zero-order valence-electron chi connectivity index (χ0n) is 12.5. The second-order valence-electron chi connectivity index (χ2n) is 5.26. The average Bonchev–Trinajstić information content (AvgIpc) is 2.44. The van der Waals surface area contributed by atoms with Crippen LogP contribution in [0.1, 0.15) is 26.7 Å². The second kappa shape index (κ2) is 9.45. The molecule has 0 radical (unpaired) electrons. The Balaban J connectivity index is 2.18. The number of hydrogen-bond donors (Lipinski definition) is 2. The summed E-state index contributed by atoms with van der Waals surface area (Å²) in [6.45, 7) is 3.90. The Hall–Kier alpha value is -1.49. The Morgan fingerprint density at radius 1 is 1.24 bits per heavy atom. The number of rotatable bonds is 9. The Morgan fingerprint density at radius 3 is 2.48 bits per heavy atom. The van der Waals surface area contributed by atoms with E-state index in [-0.39, 0.29) is 18.4 Å². The van der Waals surface area contributed by atoms with Gasteiger partial charge in [-0.15, -0.1) is 11.8 Å². The van der Waals surface area contributed by atoms with Gasteiger partial charge in [-0.1, -0.05) is 32.0 Å². The Kier molecular flexibility index (Phi) is 7.90. The highest BCUT2D eigenvalue weighted by molar-refractivity contribution is 7.99. The van der Waals surface area contributed by atoms with E-state index in [1.54, 1.807) is 11.8 Å². The minimum Gasteiger partial charge on any atom is -0.481 e. The van der Waals surface area contributed by atoms with Gasteiger partial charge >= 0.3 is 5.97 Å².